The summed E-state index contributed by atoms with van der Waals surface area (Å²) in [6, 6.07) is 3.23. The molecule has 3 rings (SSSR count). The molecule has 2 aromatic heterocycles. The molecule has 0 atom stereocenters. The highest BCUT2D eigenvalue weighted by Crippen LogP contribution is 2.34. The number of halogens is 3. The Balaban J connectivity index is 2.52. The highest BCUT2D eigenvalue weighted by atomic mass is 19.4. The molecule has 0 aliphatic carbocycles. The third kappa shape index (κ3) is 1.62. The number of rotatable bonds is 0. The van der Waals surface area contributed by atoms with Crippen LogP contribution in [0.25, 0.3) is 16.6 Å². The van der Waals surface area contributed by atoms with Crippen LogP contribution in [0.4, 0.5) is 13.2 Å². The van der Waals surface area contributed by atoms with E-state index in [0.717, 1.165) is 10.6 Å². The van der Waals surface area contributed by atoms with Crippen molar-refractivity contribution in [3.8, 4) is 6.07 Å². The molecule has 0 saturated heterocycles. The van der Waals surface area contributed by atoms with Crippen LogP contribution < -0.4 is 5.69 Å². The average Bonchev–Trinajstić information content (AvgIpc) is 2.86. The standard InChI is InChI=1S/C11H4F3N5O/c12-11(13,14)7-2-8-6(1-5(7)3-15)9-16-4-17-19(9)10(20)18-8/h1-2,4H,(H,16,17). The minimum absolute atomic E-state index is 0.148. The lowest BCUT2D eigenvalue weighted by Crippen LogP contribution is -2.18. The van der Waals surface area contributed by atoms with Crippen LogP contribution >= 0.6 is 0 Å². The van der Waals surface area contributed by atoms with E-state index in [-0.39, 0.29) is 16.6 Å². The molecule has 0 aliphatic rings. The first kappa shape index (κ1) is 12.2. The Morgan fingerprint density at radius 3 is 2.75 bits per heavy atom. The van der Waals surface area contributed by atoms with Gasteiger partial charge in [0.2, 0.25) is 0 Å². The van der Waals surface area contributed by atoms with Gasteiger partial charge in [0.05, 0.1) is 22.7 Å². The lowest BCUT2D eigenvalue weighted by Gasteiger charge is -2.09. The van der Waals surface area contributed by atoms with Crippen molar-refractivity contribution < 1.29 is 13.2 Å². The monoisotopic (exact) mass is 279 g/mol. The Morgan fingerprint density at radius 2 is 2.10 bits per heavy atom. The van der Waals surface area contributed by atoms with Crippen LogP contribution in [0.3, 0.4) is 0 Å². The van der Waals surface area contributed by atoms with Crippen molar-refractivity contribution in [3.05, 3.63) is 40.1 Å². The van der Waals surface area contributed by atoms with Gasteiger partial charge < -0.3 is 4.98 Å². The van der Waals surface area contributed by atoms with Gasteiger partial charge in [-0.05, 0) is 12.1 Å². The van der Waals surface area contributed by atoms with Crippen LogP contribution in [-0.2, 0) is 6.18 Å². The molecule has 100 valence electrons. The summed E-state index contributed by atoms with van der Waals surface area (Å²) in [5.41, 5.74) is -2.42. The first-order valence-corrected chi connectivity index (χ1v) is 5.29. The van der Waals surface area contributed by atoms with E-state index in [0.29, 0.717) is 6.07 Å². The molecule has 0 radical (unpaired) electrons. The fourth-order valence-corrected chi connectivity index (χ4v) is 1.95. The van der Waals surface area contributed by atoms with Gasteiger partial charge in [-0.25, -0.2) is 4.79 Å². The fourth-order valence-electron chi connectivity index (χ4n) is 1.95. The van der Waals surface area contributed by atoms with Crippen molar-refractivity contribution in [3.63, 3.8) is 0 Å². The van der Waals surface area contributed by atoms with Gasteiger partial charge in [0.15, 0.2) is 0 Å². The van der Waals surface area contributed by atoms with Crippen molar-refractivity contribution in [2.45, 2.75) is 6.18 Å². The largest absolute Gasteiger partial charge is 0.417 e. The van der Waals surface area contributed by atoms with E-state index in [1.54, 1.807) is 0 Å². The van der Waals surface area contributed by atoms with E-state index in [2.05, 4.69) is 15.1 Å². The van der Waals surface area contributed by atoms with Gasteiger partial charge in [0, 0.05) is 5.39 Å². The molecule has 9 heteroatoms. The summed E-state index contributed by atoms with van der Waals surface area (Å²) in [6.45, 7) is 0. The number of aromatic nitrogens is 4. The average molecular weight is 279 g/mol. The molecular formula is C11H4F3N5O. The van der Waals surface area contributed by atoms with Crippen molar-refractivity contribution in [1.82, 2.24) is 19.6 Å². The summed E-state index contributed by atoms with van der Waals surface area (Å²) in [5.74, 6) is 0. The van der Waals surface area contributed by atoms with Crippen LogP contribution in [0.5, 0.6) is 0 Å². The zero-order valence-electron chi connectivity index (χ0n) is 9.56. The number of hydrogen-bond acceptors (Lipinski definition) is 4. The molecule has 1 N–H and O–H groups in total. The lowest BCUT2D eigenvalue weighted by molar-refractivity contribution is -0.137. The van der Waals surface area contributed by atoms with E-state index >= 15 is 0 Å². The summed E-state index contributed by atoms with van der Waals surface area (Å²) in [6.07, 6.45) is -3.48. The number of H-pyrrole nitrogens is 1. The molecule has 0 bridgehead atoms. The number of nitriles is 1. The van der Waals surface area contributed by atoms with Gasteiger partial charge >= 0.3 is 11.9 Å². The molecule has 0 amide bonds. The molecule has 0 unspecified atom stereocenters. The highest BCUT2D eigenvalue weighted by Gasteiger charge is 2.34. The van der Waals surface area contributed by atoms with Crippen LogP contribution in [0.2, 0.25) is 0 Å². The second kappa shape index (κ2) is 3.80. The van der Waals surface area contributed by atoms with Gasteiger partial charge in [-0.2, -0.15) is 33.0 Å². The minimum Gasteiger partial charge on any atom is -0.329 e. The van der Waals surface area contributed by atoms with Gasteiger partial charge in [-0.1, -0.05) is 0 Å². The maximum absolute atomic E-state index is 12.8. The molecule has 6 nitrogen and oxygen atoms in total. The highest BCUT2D eigenvalue weighted by molar-refractivity contribution is 5.92. The number of aromatic amines is 1. The number of benzene rings is 1. The lowest BCUT2D eigenvalue weighted by atomic mass is 10.0. The van der Waals surface area contributed by atoms with Crippen molar-refractivity contribution in [2.75, 3.05) is 0 Å². The number of nitrogens with one attached hydrogen (secondary N) is 1. The molecular weight excluding hydrogens is 275 g/mol. The molecule has 0 spiro atoms. The Labute approximate surface area is 108 Å². The van der Waals surface area contributed by atoms with E-state index in [1.165, 1.54) is 12.4 Å². The Morgan fingerprint density at radius 1 is 1.35 bits per heavy atom. The maximum Gasteiger partial charge on any atom is 0.417 e. The van der Waals surface area contributed by atoms with Gasteiger partial charge in [0.25, 0.3) is 0 Å². The molecule has 1 aromatic carbocycles. The summed E-state index contributed by atoms with van der Waals surface area (Å²) < 4.78 is 39.4. The third-order valence-electron chi connectivity index (χ3n) is 2.80. The number of alkyl halides is 3. The Hall–Kier alpha value is -2.89. The normalized spacial score (nSPS) is 11.9. The predicted molar refractivity (Wildman–Crippen MR) is 60.8 cm³/mol. The topological polar surface area (TPSA) is 86.8 Å². The van der Waals surface area contributed by atoms with E-state index in [1.807, 2.05) is 0 Å². The van der Waals surface area contributed by atoms with Crippen LogP contribution in [0, 0.1) is 11.3 Å². The van der Waals surface area contributed by atoms with Crippen molar-refractivity contribution in [1.29, 1.82) is 5.26 Å². The van der Waals surface area contributed by atoms with Gasteiger partial charge in [0.1, 0.15) is 12.0 Å². The molecule has 20 heavy (non-hydrogen) atoms. The zero-order chi connectivity index (χ0) is 14.5. The number of nitrogens with zero attached hydrogens (tertiary/aromatic N) is 4. The summed E-state index contributed by atoms with van der Waals surface area (Å²) in [5, 5.41) is 12.7. The third-order valence-corrected chi connectivity index (χ3v) is 2.80. The Kier molecular flexibility index (Phi) is 2.31. The summed E-state index contributed by atoms with van der Waals surface area (Å²) in [4.78, 5) is 17.8. The first-order chi connectivity index (χ1) is 9.41. The van der Waals surface area contributed by atoms with Gasteiger partial charge in [-0.15, -0.1) is 0 Å². The minimum atomic E-state index is -4.69. The molecule has 0 saturated carbocycles. The predicted octanol–water partition coefficient (Wildman–Crippen LogP) is 1.46. The maximum atomic E-state index is 12.8. The van der Waals surface area contributed by atoms with Crippen LogP contribution in [-0.4, -0.2) is 19.6 Å². The van der Waals surface area contributed by atoms with Gasteiger partial charge in [-0.3, -0.25) is 0 Å². The van der Waals surface area contributed by atoms with Crippen molar-refractivity contribution >= 4 is 16.6 Å². The second-order valence-corrected chi connectivity index (χ2v) is 3.97. The number of hydrogen-bond donors (Lipinski definition) is 1. The molecule has 0 aliphatic heterocycles. The summed E-state index contributed by atoms with van der Waals surface area (Å²) in [7, 11) is 0. The molecule has 3 aromatic rings. The summed E-state index contributed by atoms with van der Waals surface area (Å²) >= 11 is 0. The smallest absolute Gasteiger partial charge is 0.329 e. The molecule has 2 heterocycles. The zero-order valence-corrected chi connectivity index (χ0v) is 9.56. The second-order valence-electron chi connectivity index (χ2n) is 3.97. The Bertz CT molecular complexity index is 931. The number of fused-ring (bicyclic) bond motifs is 3. The first-order valence-electron chi connectivity index (χ1n) is 5.29. The van der Waals surface area contributed by atoms with E-state index in [4.69, 9.17) is 5.26 Å². The SMILES string of the molecule is N#Cc1cc2c(cc1C(F)(F)F)nc(=O)n1nc[nH]c21. The van der Waals surface area contributed by atoms with E-state index < -0.39 is 23.0 Å². The van der Waals surface area contributed by atoms with Crippen molar-refractivity contribution in [2.24, 2.45) is 0 Å². The molecule has 0 fully saturated rings. The van der Waals surface area contributed by atoms with Crippen LogP contribution in [0.1, 0.15) is 11.1 Å². The quantitative estimate of drug-likeness (QED) is 0.675. The van der Waals surface area contributed by atoms with E-state index in [9.17, 15) is 18.0 Å². The fraction of sp³-hybridized carbons (Fsp3) is 0.0909. The van der Waals surface area contributed by atoms with Crippen LogP contribution in [0.15, 0.2) is 23.3 Å².